The Morgan fingerprint density at radius 2 is 2.25 bits per heavy atom. The Kier molecular flexibility index (Phi) is 4.88. The van der Waals surface area contributed by atoms with E-state index in [1.165, 1.54) is 6.07 Å². The molecule has 1 aromatic rings. The van der Waals surface area contributed by atoms with Crippen molar-refractivity contribution < 1.29 is 9.66 Å². The molecule has 0 radical (unpaired) electrons. The van der Waals surface area contributed by atoms with Gasteiger partial charge in [-0.1, -0.05) is 12.1 Å². The molecule has 16 heavy (non-hydrogen) atoms. The van der Waals surface area contributed by atoms with Crippen LogP contribution in [0.3, 0.4) is 0 Å². The number of rotatable bonds is 6. The van der Waals surface area contributed by atoms with Gasteiger partial charge in [0.1, 0.15) is 0 Å². The van der Waals surface area contributed by atoms with Crippen molar-refractivity contribution in [2.24, 2.45) is 0 Å². The van der Waals surface area contributed by atoms with Crippen molar-refractivity contribution in [1.82, 2.24) is 4.90 Å². The highest BCUT2D eigenvalue weighted by Crippen LogP contribution is 2.14. The number of nitro benzene ring substituents is 1. The zero-order chi connectivity index (χ0) is 12.0. The van der Waals surface area contributed by atoms with E-state index in [1.807, 2.05) is 13.1 Å². The van der Waals surface area contributed by atoms with Crippen LogP contribution in [0.25, 0.3) is 0 Å². The average molecular weight is 224 g/mol. The molecular weight excluding hydrogens is 208 g/mol. The lowest BCUT2D eigenvalue weighted by Gasteiger charge is -2.15. The molecule has 0 N–H and O–H groups in total. The van der Waals surface area contributed by atoms with Crippen LogP contribution in [0.5, 0.6) is 0 Å². The topological polar surface area (TPSA) is 55.6 Å². The van der Waals surface area contributed by atoms with E-state index >= 15 is 0 Å². The third-order valence-electron chi connectivity index (χ3n) is 2.25. The molecule has 5 nitrogen and oxygen atoms in total. The highest BCUT2D eigenvalue weighted by atomic mass is 16.6. The minimum absolute atomic E-state index is 0.137. The van der Waals surface area contributed by atoms with Gasteiger partial charge in [0.05, 0.1) is 11.5 Å². The maximum atomic E-state index is 10.6. The molecule has 0 fully saturated rings. The van der Waals surface area contributed by atoms with Gasteiger partial charge >= 0.3 is 0 Å². The fraction of sp³-hybridized carbons (Fsp3) is 0.455. The number of non-ortho nitro benzene ring substituents is 1. The standard InChI is InChI=1S/C11H16N2O3/c1-12(6-7-16-2)9-10-4-3-5-11(8-10)13(14)15/h3-5,8H,6-7,9H2,1-2H3. The van der Waals surface area contributed by atoms with Crippen molar-refractivity contribution in [1.29, 1.82) is 0 Å². The maximum absolute atomic E-state index is 10.6. The number of hydrogen-bond donors (Lipinski definition) is 0. The average Bonchev–Trinajstić information content (AvgIpc) is 2.26. The van der Waals surface area contributed by atoms with Crippen LogP contribution in [-0.2, 0) is 11.3 Å². The second-order valence-corrected chi connectivity index (χ2v) is 3.66. The van der Waals surface area contributed by atoms with E-state index in [-0.39, 0.29) is 10.6 Å². The summed E-state index contributed by atoms with van der Waals surface area (Å²) in [5, 5.41) is 10.6. The molecule has 0 amide bonds. The van der Waals surface area contributed by atoms with Gasteiger partial charge < -0.3 is 4.74 Å². The highest BCUT2D eigenvalue weighted by Gasteiger charge is 2.06. The summed E-state index contributed by atoms with van der Waals surface area (Å²) < 4.78 is 4.96. The lowest BCUT2D eigenvalue weighted by Crippen LogP contribution is -2.22. The van der Waals surface area contributed by atoms with Crippen LogP contribution >= 0.6 is 0 Å². The molecule has 0 aliphatic heterocycles. The van der Waals surface area contributed by atoms with Crippen molar-refractivity contribution in [2.45, 2.75) is 6.54 Å². The Morgan fingerprint density at radius 3 is 2.88 bits per heavy atom. The van der Waals surface area contributed by atoms with Gasteiger partial charge in [0.2, 0.25) is 0 Å². The number of ether oxygens (including phenoxy) is 1. The third kappa shape index (κ3) is 3.96. The first-order chi connectivity index (χ1) is 7.63. The van der Waals surface area contributed by atoms with Crippen molar-refractivity contribution in [3.63, 3.8) is 0 Å². The van der Waals surface area contributed by atoms with Gasteiger partial charge in [-0.15, -0.1) is 0 Å². The van der Waals surface area contributed by atoms with Crippen molar-refractivity contribution >= 4 is 5.69 Å². The molecule has 0 aromatic heterocycles. The first-order valence-electron chi connectivity index (χ1n) is 5.04. The van der Waals surface area contributed by atoms with Gasteiger partial charge in [-0.2, -0.15) is 0 Å². The number of nitro groups is 1. The van der Waals surface area contributed by atoms with E-state index in [1.54, 1.807) is 19.2 Å². The van der Waals surface area contributed by atoms with E-state index in [4.69, 9.17) is 4.74 Å². The predicted molar refractivity (Wildman–Crippen MR) is 61.3 cm³/mol. The fourth-order valence-corrected chi connectivity index (χ4v) is 1.41. The number of nitrogens with zero attached hydrogens (tertiary/aromatic N) is 2. The van der Waals surface area contributed by atoms with Crippen molar-refractivity contribution in [3.05, 3.63) is 39.9 Å². The largest absolute Gasteiger partial charge is 0.383 e. The molecule has 5 heteroatoms. The van der Waals surface area contributed by atoms with Crippen LogP contribution in [-0.4, -0.2) is 37.1 Å². The number of likely N-dealkylation sites (N-methyl/N-ethyl adjacent to an activating group) is 1. The zero-order valence-corrected chi connectivity index (χ0v) is 9.55. The van der Waals surface area contributed by atoms with Crippen LogP contribution in [0, 0.1) is 10.1 Å². The Bertz CT molecular complexity index is 355. The summed E-state index contributed by atoms with van der Waals surface area (Å²) in [5.41, 5.74) is 1.07. The molecule has 0 spiro atoms. The quantitative estimate of drug-likeness (QED) is 0.545. The molecule has 1 rings (SSSR count). The van der Waals surface area contributed by atoms with E-state index in [0.29, 0.717) is 13.2 Å². The molecule has 0 aliphatic rings. The highest BCUT2D eigenvalue weighted by molar-refractivity contribution is 5.34. The van der Waals surface area contributed by atoms with Crippen LogP contribution in [0.4, 0.5) is 5.69 Å². The summed E-state index contributed by atoms with van der Waals surface area (Å²) in [4.78, 5) is 12.3. The fourth-order valence-electron chi connectivity index (χ4n) is 1.41. The maximum Gasteiger partial charge on any atom is 0.269 e. The normalized spacial score (nSPS) is 10.7. The summed E-state index contributed by atoms with van der Waals surface area (Å²) in [6.45, 7) is 2.15. The van der Waals surface area contributed by atoms with Gasteiger partial charge in [-0.05, 0) is 12.6 Å². The summed E-state index contributed by atoms with van der Waals surface area (Å²) in [6, 6.07) is 6.69. The second kappa shape index (κ2) is 6.19. The minimum atomic E-state index is -0.376. The van der Waals surface area contributed by atoms with Gasteiger partial charge in [-0.25, -0.2) is 0 Å². The van der Waals surface area contributed by atoms with Crippen LogP contribution in [0.15, 0.2) is 24.3 Å². The van der Waals surface area contributed by atoms with E-state index in [0.717, 1.165) is 12.1 Å². The lowest BCUT2D eigenvalue weighted by atomic mass is 10.2. The molecule has 1 aromatic carbocycles. The zero-order valence-electron chi connectivity index (χ0n) is 9.55. The molecule has 88 valence electrons. The first kappa shape index (κ1) is 12.6. The first-order valence-corrected chi connectivity index (χ1v) is 5.04. The Labute approximate surface area is 94.8 Å². The molecule has 0 atom stereocenters. The molecule has 0 heterocycles. The molecule has 0 saturated heterocycles. The number of hydrogen-bond acceptors (Lipinski definition) is 4. The van der Waals surface area contributed by atoms with Gasteiger partial charge in [0.15, 0.2) is 0 Å². The van der Waals surface area contributed by atoms with Gasteiger partial charge in [0, 0.05) is 32.3 Å². The van der Waals surface area contributed by atoms with Crippen LogP contribution < -0.4 is 0 Å². The number of benzene rings is 1. The predicted octanol–water partition coefficient (Wildman–Crippen LogP) is 1.67. The van der Waals surface area contributed by atoms with Gasteiger partial charge in [-0.3, -0.25) is 15.0 Å². The van der Waals surface area contributed by atoms with Crippen molar-refractivity contribution in [2.75, 3.05) is 27.3 Å². The Morgan fingerprint density at radius 1 is 1.50 bits per heavy atom. The summed E-state index contributed by atoms with van der Waals surface area (Å²) in [5.74, 6) is 0. The Hall–Kier alpha value is -1.46. The van der Waals surface area contributed by atoms with Crippen LogP contribution in [0.1, 0.15) is 5.56 Å². The van der Waals surface area contributed by atoms with Crippen molar-refractivity contribution in [3.8, 4) is 0 Å². The molecule has 0 aliphatic carbocycles. The summed E-state index contributed by atoms with van der Waals surface area (Å²) in [6.07, 6.45) is 0. The minimum Gasteiger partial charge on any atom is -0.383 e. The molecular formula is C11H16N2O3. The number of methoxy groups -OCH3 is 1. The SMILES string of the molecule is COCCN(C)Cc1cccc([N+](=O)[O-])c1. The van der Waals surface area contributed by atoms with E-state index < -0.39 is 0 Å². The molecule has 0 bridgehead atoms. The third-order valence-corrected chi connectivity index (χ3v) is 2.25. The summed E-state index contributed by atoms with van der Waals surface area (Å²) in [7, 11) is 3.61. The smallest absolute Gasteiger partial charge is 0.269 e. The summed E-state index contributed by atoms with van der Waals surface area (Å²) >= 11 is 0. The monoisotopic (exact) mass is 224 g/mol. The second-order valence-electron chi connectivity index (χ2n) is 3.66. The van der Waals surface area contributed by atoms with Crippen LogP contribution in [0.2, 0.25) is 0 Å². The lowest BCUT2D eigenvalue weighted by molar-refractivity contribution is -0.384. The Balaban J connectivity index is 2.59. The van der Waals surface area contributed by atoms with E-state index in [9.17, 15) is 10.1 Å². The van der Waals surface area contributed by atoms with E-state index in [2.05, 4.69) is 4.90 Å². The molecule has 0 unspecified atom stereocenters. The molecule has 0 saturated carbocycles. The van der Waals surface area contributed by atoms with Gasteiger partial charge in [0.25, 0.3) is 5.69 Å².